The summed E-state index contributed by atoms with van der Waals surface area (Å²) in [6, 6.07) is 19.1. The number of halogens is 1. The van der Waals surface area contributed by atoms with Crippen molar-refractivity contribution in [2.24, 2.45) is 0 Å². The number of fused-ring (bicyclic) bond motifs is 1. The Morgan fingerprint density at radius 1 is 0.800 bits per heavy atom. The lowest BCUT2D eigenvalue weighted by molar-refractivity contribution is -2.00. The van der Waals surface area contributed by atoms with Crippen molar-refractivity contribution in [2.45, 2.75) is 0 Å². The highest BCUT2D eigenvalue weighted by Crippen LogP contribution is 2.38. The Balaban J connectivity index is 0.000000257. The van der Waals surface area contributed by atoms with E-state index >= 15 is 0 Å². The van der Waals surface area contributed by atoms with Crippen LogP contribution in [0.5, 0.6) is 0 Å². The fourth-order valence-corrected chi connectivity index (χ4v) is 4.02. The summed E-state index contributed by atoms with van der Waals surface area (Å²) >= 11 is 3.74. The molecule has 0 aliphatic carbocycles. The normalized spacial score (nSPS) is 11.0. The Morgan fingerprint density at radius 3 is 1.95 bits per heavy atom. The van der Waals surface area contributed by atoms with Crippen LogP contribution in [0.15, 0.2) is 54.6 Å². The predicted octanol–water partition coefficient (Wildman–Crippen LogP) is 0.155. The molecule has 0 saturated heterocycles. The van der Waals surface area contributed by atoms with E-state index in [0.717, 1.165) is 0 Å². The standard InChI is InChI=1S/C13H9S2.ClHO4/c1-2-6-10(7-3-1)13-14-11-8-4-5-9-12(11)15-13;2-1(3,4)5/h1-9H;(H,2,3,4,5)/q+1;/p-1. The van der Waals surface area contributed by atoms with Gasteiger partial charge >= 0.3 is 0 Å². The fourth-order valence-electron chi connectivity index (χ4n) is 1.53. The maximum atomic E-state index is 8.49. The van der Waals surface area contributed by atoms with Gasteiger partial charge in [0.2, 0.25) is 0 Å². The first-order valence-corrected chi connectivity index (χ1v) is 8.29. The molecule has 3 aromatic rings. The Morgan fingerprint density at radius 2 is 1.35 bits per heavy atom. The van der Waals surface area contributed by atoms with E-state index in [1.807, 2.05) is 22.7 Å². The van der Waals surface area contributed by atoms with Crippen LogP contribution < -0.4 is 18.6 Å². The second-order valence-corrected chi connectivity index (χ2v) is 6.80. The molecule has 0 amide bonds. The third-order valence-electron chi connectivity index (χ3n) is 2.26. The van der Waals surface area contributed by atoms with E-state index in [2.05, 4.69) is 54.6 Å². The lowest BCUT2D eigenvalue weighted by Crippen LogP contribution is -2.68. The molecule has 1 aromatic heterocycles. The molecule has 7 heteroatoms. The highest BCUT2D eigenvalue weighted by atomic mass is 35.7. The third-order valence-corrected chi connectivity index (χ3v) is 4.89. The Bertz CT molecular complexity index is 640. The Labute approximate surface area is 125 Å². The summed E-state index contributed by atoms with van der Waals surface area (Å²) in [7, 11) is -4.94. The number of hydrogen-bond donors (Lipinski definition) is 0. The minimum absolute atomic E-state index is 1.32. The molecule has 104 valence electrons. The van der Waals surface area contributed by atoms with Gasteiger partial charge in [0, 0.05) is 5.56 Å². The molecule has 0 atom stereocenters. The smallest absolute Gasteiger partial charge is 0.222 e. The van der Waals surface area contributed by atoms with Crippen molar-refractivity contribution in [1.29, 1.82) is 0 Å². The van der Waals surface area contributed by atoms with Crippen molar-refractivity contribution in [3.63, 3.8) is 0 Å². The maximum Gasteiger partial charge on any atom is 0.286 e. The SMILES string of the molecule is [O-][Cl+3]([O-])([O-])[O-].c1ccc(-c2sc3ccccc3[s+]2)cc1. The summed E-state index contributed by atoms with van der Waals surface area (Å²) in [5.41, 5.74) is 1.32. The molecule has 1 heterocycles. The summed E-state index contributed by atoms with van der Waals surface area (Å²) in [5.74, 6) is 0. The topological polar surface area (TPSA) is 92.2 Å². The third kappa shape index (κ3) is 4.77. The summed E-state index contributed by atoms with van der Waals surface area (Å²) in [5, 5.41) is 0. The van der Waals surface area contributed by atoms with Gasteiger partial charge in [-0.3, -0.25) is 0 Å². The van der Waals surface area contributed by atoms with Crippen LogP contribution in [0.4, 0.5) is 0 Å². The molecule has 0 bridgehead atoms. The van der Waals surface area contributed by atoms with Crippen molar-refractivity contribution in [1.82, 2.24) is 0 Å². The molecule has 4 nitrogen and oxygen atoms in total. The van der Waals surface area contributed by atoms with Gasteiger partial charge in [0.1, 0.15) is 0 Å². The minimum Gasteiger partial charge on any atom is -0.222 e. The van der Waals surface area contributed by atoms with Crippen molar-refractivity contribution in [3.8, 4) is 9.75 Å². The average molecular weight is 329 g/mol. The zero-order chi connectivity index (χ0) is 14.6. The van der Waals surface area contributed by atoms with Gasteiger partial charge in [-0.05, 0) is 24.3 Å². The predicted molar refractivity (Wildman–Crippen MR) is 69.5 cm³/mol. The van der Waals surface area contributed by atoms with Crippen LogP contribution in [-0.4, -0.2) is 0 Å². The first-order valence-electron chi connectivity index (χ1n) is 5.42. The molecule has 0 aliphatic rings. The molecule has 0 saturated carbocycles. The zero-order valence-electron chi connectivity index (χ0n) is 10.0. The van der Waals surface area contributed by atoms with E-state index in [0.29, 0.717) is 0 Å². The minimum atomic E-state index is -4.94. The van der Waals surface area contributed by atoms with E-state index in [1.54, 1.807) is 0 Å². The highest BCUT2D eigenvalue weighted by Gasteiger charge is 2.16. The van der Waals surface area contributed by atoms with Crippen LogP contribution in [0.3, 0.4) is 0 Å². The van der Waals surface area contributed by atoms with Gasteiger partial charge in [0.15, 0.2) is 9.40 Å². The molecule has 0 spiro atoms. The molecule has 0 aliphatic heterocycles. The van der Waals surface area contributed by atoms with Gasteiger partial charge in [-0.1, -0.05) is 30.3 Å². The lowest BCUT2D eigenvalue weighted by atomic mass is 10.2. The van der Waals surface area contributed by atoms with Crippen LogP contribution in [0.25, 0.3) is 19.2 Å². The van der Waals surface area contributed by atoms with E-state index in [4.69, 9.17) is 18.6 Å². The van der Waals surface area contributed by atoms with Crippen LogP contribution in [0.2, 0.25) is 0 Å². The van der Waals surface area contributed by atoms with E-state index in [9.17, 15) is 0 Å². The largest absolute Gasteiger partial charge is 0.286 e. The molecule has 20 heavy (non-hydrogen) atoms. The van der Waals surface area contributed by atoms with Crippen LogP contribution in [-0.2, 0) is 0 Å². The van der Waals surface area contributed by atoms with Crippen molar-refractivity contribution < 1.29 is 28.9 Å². The van der Waals surface area contributed by atoms with Crippen LogP contribution >= 0.6 is 22.7 Å². The van der Waals surface area contributed by atoms with E-state index in [1.165, 1.54) is 19.2 Å². The number of benzene rings is 2. The van der Waals surface area contributed by atoms with Crippen LogP contribution in [0.1, 0.15) is 0 Å². The molecular weight excluding hydrogens is 320 g/mol. The van der Waals surface area contributed by atoms with Gasteiger partial charge in [-0.25, -0.2) is 18.6 Å². The molecule has 0 N–H and O–H groups in total. The quantitative estimate of drug-likeness (QED) is 0.595. The molecule has 2 aromatic carbocycles. The van der Waals surface area contributed by atoms with E-state index in [-0.39, 0.29) is 0 Å². The van der Waals surface area contributed by atoms with Crippen LogP contribution in [0, 0.1) is 10.2 Å². The van der Waals surface area contributed by atoms with Gasteiger partial charge in [0.05, 0.1) is 22.7 Å². The monoisotopic (exact) mass is 328 g/mol. The Kier molecular flexibility index (Phi) is 5.00. The molecule has 0 radical (unpaired) electrons. The summed E-state index contributed by atoms with van der Waals surface area (Å²) in [4.78, 5) is 0. The van der Waals surface area contributed by atoms with Crippen molar-refractivity contribution >= 4 is 32.1 Å². The summed E-state index contributed by atoms with van der Waals surface area (Å²) in [6.07, 6.45) is 0. The molecule has 0 unspecified atom stereocenters. The molecular formula is C13H9ClO4S2. The second kappa shape index (κ2) is 6.55. The Hall–Kier alpha value is -1.12. The average Bonchev–Trinajstić information content (AvgIpc) is 2.81. The first-order chi connectivity index (χ1) is 9.43. The van der Waals surface area contributed by atoms with Crippen molar-refractivity contribution in [2.75, 3.05) is 0 Å². The maximum absolute atomic E-state index is 8.49. The van der Waals surface area contributed by atoms with Gasteiger partial charge in [0.25, 0.3) is 4.19 Å². The highest BCUT2D eigenvalue weighted by molar-refractivity contribution is 7.43. The second-order valence-electron chi connectivity index (χ2n) is 3.68. The fraction of sp³-hybridized carbons (Fsp3) is 0. The van der Waals surface area contributed by atoms with Gasteiger partial charge < -0.3 is 0 Å². The van der Waals surface area contributed by atoms with Crippen molar-refractivity contribution in [3.05, 3.63) is 54.6 Å². The van der Waals surface area contributed by atoms with Gasteiger partial charge in [-0.2, -0.15) is 0 Å². The van der Waals surface area contributed by atoms with Gasteiger partial charge in [-0.15, -0.1) is 10.2 Å². The molecule has 0 fully saturated rings. The lowest BCUT2D eigenvalue weighted by Gasteiger charge is -2.17. The van der Waals surface area contributed by atoms with E-state index < -0.39 is 10.2 Å². The number of rotatable bonds is 1. The first kappa shape index (κ1) is 15.3. The summed E-state index contributed by atoms with van der Waals surface area (Å²) in [6.45, 7) is 0. The number of hydrogen-bond acceptors (Lipinski definition) is 5. The zero-order valence-corrected chi connectivity index (χ0v) is 12.4. The summed E-state index contributed by atoms with van der Waals surface area (Å²) < 4.78 is 38.1. The molecule has 3 rings (SSSR count).